The van der Waals surface area contributed by atoms with Crippen molar-refractivity contribution in [3.8, 4) is 0 Å². The van der Waals surface area contributed by atoms with Crippen LogP contribution in [0.25, 0.3) is 16.1 Å². The number of nitrogens with zero attached hydrogens (tertiary/aromatic N) is 8. The normalized spacial score (nSPS) is 15.9. The monoisotopic (exact) mass is 228 g/mol. The predicted molar refractivity (Wildman–Crippen MR) is 59.3 cm³/mol. The minimum atomic E-state index is -0.482. The van der Waals surface area contributed by atoms with Crippen molar-refractivity contribution in [1.82, 2.24) is 14.6 Å². The fraction of sp³-hybridized carbons (Fsp3) is 0.333. The fourth-order valence-corrected chi connectivity index (χ4v) is 1.92. The molecule has 0 N–H and O–H groups in total. The molecule has 0 aliphatic carbocycles. The Bertz CT molecular complexity index is 688. The third kappa shape index (κ3) is 1.21. The maximum Gasteiger partial charge on any atom is 0.175 e. The second kappa shape index (κ2) is 3.02. The molecule has 0 radical (unpaired) electrons. The molecular formula is C9H8N8. The zero-order valence-electron chi connectivity index (χ0n) is 9.23. The molecule has 0 bridgehead atoms. The van der Waals surface area contributed by atoms with Gasteiger partial charge in [0.2, 0.25) is 0 Å². The number of rotatable bonds is 1. The van der Waals surface area contributed by atoms with Gasteiger partial charge < -0.3 is 0 Å². The quantitative estimate of drug-likeness (QED) is 0.425. The molecule has 0 fully saturated rings. The van der Waals surface area contributed by atoms with E-state index >= 15 is 0 Å². The number of aromatic nitrogens is 3. The highest BCUT2D eigenvalue weighted by Crippen LogP contribution is 2.46. The Hall–Kier alpha value is -2.47. The van der Waals surface area contributed by atoms with Crippen molar-refractivity contribution in [3.05, 3.63) is 28.4 Å². The lowest BCUT2D eigenvalue weighted by molar-refractivity contribution is 0.556. The Labute approximate surface area is 95.6 Å². The van der Waals surface area contributed by atoms with Crippen LogP contribution in [0.3, 0.4) is 0 Å². The number of azo groups is 1. The third-order valence-corrected chi connectivity index (χ3v) is 2.65. The molecule has 0 spiro atoms. The molecule has 0 amide bonds. The molecule has 2 aromatic rings. The van der Waals surface area contributed by atoms with Gasteiger partial charge >= 0.3 is 0 Å². The van der Waals surface area contributed by atoms with Crippen LogP contribution >= 0.6 is 0 Å². The number of azide groups is 1. The van der Waals surface area contributed by atoms with Crippen LogP contribution in [-0.2, 0) is 5.54 Å². The number of fused-ring (bicyclic) bond motifs is 3. The standard InChI is InChI=1S/C9H8N8/c1-9(2)5-6(12-15-9)7(13-16-10)14-17-4-3-11-8(5)17/h3-4H,1-2H3. The first-order valence-corrected chi connectivity index (χ1v) is 4.99. The zero-order valence-corrected chi connectivity index (χ0v) is 9.23. The topological polar surface area (TPSA) is 104 Å². The highest BCUT2D eigenvalue weighted by Gasteiger charge is 2.34. The molecule has 8 nitrogen and oxygen atoms in total. The summed E-state index contributed by atoms with van der Waals surface area (Å²) in [6, 6.07) is 0. The molecule has 0 aromatic carbocycles. The van der Waals surface area contributed by atoms with Crippen LogP contribution in [-0.4, -0.2) is 14.6 Å². The van der Waals surface area contributed by atoms with Gasteiger partial charge in [-0.2, -0.15) is 15.3 Å². The van der Waals surface area contributed by atoms with Gasteiger partial charge in [-0.15, -0.1) is 0 Å². The molecule has 1 aliphatic rings. The van der Waals surface area contributed by atoms with E-state index in [9.17, 15) is 0 Å². The van der Waals surface area contributed by atoms with Crippen LogP contribution in [0.2, 0.25) is 0 Å². The molecular weight excluding hydrogens is 220 g/mol. The van der Waals surface area contributed by atoms with Crippen molar-refractivity contribution in [1.29, 1.82) is 0 Å². The van der Waals surface area contributed by atoms with Gasteiger partial charge in [0.05, 0.1) is 5.56 Å². The molecule has 0 atom stereocenters. The Morgan fingerprint density at radius 1 is 1.47 bits per heavy atom. The minimum absolute atomic E-state index is 0.224. The van der Waals surface area contributed by atoms with Crippen LogP contribution in [0, 0.1) is 0 Å². The smallest absolute Gasteiger partial charge is 0.175 e. The average molecular weight is 228 g/mol. The van der Waals surface area contributed by atoms with Crippen LogP contribution in [0.5, 0.6) is 0 Å². The zero-order chi connectivity index (χ0) is 12.0. The first-order valence-electron chi connectivity index (χ1n) is 4.99. The van der Waals surface area contributed by atoms with Crippen LogP contribution < -0.4 is 0 Å². The van der Waals surface area contributed by atoms with Crippen LogP contribution in [0.4, 0.5) is 11.5 Å². The second-order valence-corrected chi connectivity index (χ2v) is 4.19. The lowest BCUT2D eigenvalue weighted by Gasteiger charge is -2.14. The van der Waals surface area contributed by atoms with Crippen LogP contribution in [0.1, 0.15) is 19.4 Å². The molecule has 3 heterocycles. The summed E-state index contributed by atoms with van der Waals surface area (Å²) in [4.78, 5) is 6.98. The molecule has 8 heteroatoms. The van der Waals surface area contributed by atoms with Crippen molar-refractivity contribution in [2.24, 2.45) is 15.3 Å². The van der Waals surface area contributed by atoms with Crippen molar-refractivity contribution in [3.63, 3.8) is 0 Å². The summed E-state index contributed by atoms with van der Waals surface area (Å²) in [5, 5.41) is 15.9. The summed E-state index contributed by atoms with van der Waals surface area (Å²) in [5.74, 6) is 0.224. The van der Waals surface area contributed by atoms with Crippen molar-refractivity contribution in [2.75, 3.05) is 0 Å². The highest BCUT2D eigenvalue weighted by molar-refractivity contribution is 5.73. The molecule has 2 aromatic heterocycles. The van der Waals surface area contributed by atoms with Gasteiger partial charge in [0.1, 0.15) is 11.2 Å². The summed E-state index contributed by atoms with van der Waals surface area (Å²) in [6.07, 6.45) is 3.33. The van der Waals surface area contributed by atoms with E-state index in [1.807, 2.05) is 13.8 Å². The Balaban J connectivity index is 2.48. The second-order valence-electron chi connectivity index (χ2n) is 4.19. The molecule has 3 rings (SSSR count). The average Bonchev–Trinajstić information content (AvgIpc) is 2.83. The van der Waals surface area contributed by atoms with Crippen molar-refractivity contribution in [2.45, 2.75) is 19.4 Å². The first-order chi connectivity index (χ1) is 8.13. The summed E-state index contributed by atoms with van der Waals surface area (Å²) in [5.41, 5.74) is 10.1. The van der Waals surface area contributed by atoms with Crippen LogP contribution in [0.15, 0.2) is 27.7 Å². The molecule has 17 heavy (non-hydrogen) atoms. The van der Waals surface area contributed by atoms with Gasteiger partial charge in [0.15, 0.2) is 11.5 Å². The lowest BCUT2D eigenvalue weighted by atomic mass is 9.96. The molecule has 1 aliphatic heterocycles. The highest BCUT2D eigenvalue weighted by atomic mass is 15.3. The minimum Gasteiger partial charge on any atom is -0.235 e. The molecule has 0 saturated carbocycles. The van der Waals surface area contributed by atoms with E-state index in [-0.39, 0.29) is 5.82 Å². The van der Waals surface area contributed by atoms with E-state index in [4.69, 9.17) is 5.53 Å². The SMILES string of the molecule is CC1(C)N=Nc2c(N=[N+]=[N-])nn3ccnc3c21. The van der Waals surface area contributed by atoms with Gasteiger partial charge in [-0.05, 0) is 24.5 Å². The molecule has 0 saturated heterocycles. The van der Waals surface area contributed by atoms with Gasteiger partial charge in [-0.1, -0.05) is 0 Å². The fourth-order valence-electron chi connectivity index (χ4n) is 1.92. The van der Waals surface area contributed by atoms with Gasteiger partial charge in [0, 0.05) is 17.3 Å². The summed E-state index contributed by atoms with van der Waals surface area (Å²) < 4.78 is 1.57. The van der Waals surface area contributed by atoms with Crippen molar-refractivity contribution >= 4 is 17.2 Å². The molecule has 84 valence electrons. The maximum atomic E-state index is 8.52. The third-order valence-electron chi connectivity index (χ3n) is 2.65. The van der Waals surface area contributed by atoms with Crippen molar-refractivity contribution < 1.29 is 0 Å². The van der Waals surface area contributed by atoms with E-state index in [0.29, 0.717) is 11.3 Å². The number of hydrogen-bond donors (Lipinski definition) is 0. The Kier molecular flexibility index (Phi) is 1.73. The Morgan fingerprint density at radius 3 is 3.06 bits per heavy atom. The maximum absolute atomic E-state index is 8.52. The van der Waals surface area contributed by atoms with Gasteiger partial charge in [0.25, 0.3) is 0 Å². The summed E-state index contributed by atoms with van der Waals surface area (Å²) in [6.45, 7) is 3.85. The van der Waals surface area contributed by atoms with E-state index in [2.05, 4.69) is 30.3 Å². The Morgan fingerprint density at radius 2 is 2.29 bits per heavy atom. The predicted octanol–water partition coefficient (Wildman–Crippen LogP) is 3.00. The van der Waals surface area contributed by atoms with Gasteiger partial charge in [-0.25, -0.2) is 9.50 Å². The largest absolute Gasteiger partial charge is 0.235 e. The van der Waals surface area contributed by atoms with E-state index in [0.717, 1.165) is 5.56 Å². The lowest BCUT2D eigenvalue weighted by Crippen LogP contribution is -2.12. The van der Waals surface area contributed by atoms with Gasteiger partial charge in [-0.3, -0.25) is 0 Å². The number of hydrogen-bond acceptors (Lipinski definition) is 5. The van der Waals surface area contributed by atoms with E-state index in [1.54, 1.807) is 16.9 Å². The number of imidazole rings is 1. The first kappa shape index (κ1) is 9.73. The van der Waals surface area contributed by atoms with E-state index in [1.165, 1.54) is 0 Å². The van der Waals surface area contributed by atoms with E-state index < -0.39 is 5.54 Å². The summed E-state index contributed by atoms with van der Waals surface area (Å²) >= 11 is 0. The molecule has 0 unspecified atom stereocenters. The summed E-state index contributed by atoms with van der Waals surface area (Å²) in [7, 11) is 0.